The summed E-state index contributed by atoms with van der Waals surface area (Å²) in [4.78, 5) is 38.1. The zero-order valence-corrected chi connectivity index (χ0v) is 13.2. The Morgan fingerprint density at radius 2 is 2.00 bits per heavy atom. The summed E-state index contributed by atoms with van der Waals surface area (Å²) in [5.74, 6) is -1.36. The monoisotopic (exact) mass is 308 g/mol. The first-order valence-electron chi connectivity index (χ1n) is 7.13. The van der Waals surface area contributed by atoms with Crippen LogP contribution in [-0.2, 0) is 15.0 Å². The van der Waals surface area contributed by atoms with E-state index in [0.29, 0.717) is 18.8 Å². The van der Waals surface area contributed by atoms with Gasteiger partial charge in [0.2, 0.25) is 5.88 Å². The van der Waals surface area contributed by atoms with E-state index in [1.165, 1.54) is 4.90 Å². The molecule has 1 aromatic heterocycles. The second-order valence-electron chi connectivity index (χ2n) is 6.10. The van der Waals surface area contributed by atoms with Crippen molar-refractivity contribution in [1.82, 2.24) is 15.0 Å². The molecular weight excluding hydrogens is 288 g/mol. The Bertz CT molecular complexity index is 602. The third-order valence-electron chi connectivity index (χ3n) is 3.44. The first kappa shape index (κ1) is 16.0. The molecule has 120 valence electrons. The average Bonchev–Trinajstić information content (AvgIpc) is 2.90. The van der Waals surface area contributed by atoms with E-state index in [2.05, 4.69) is 10.5 Å². The zero-order chi connectivity index (χ0) is 16.5. The molecule has 1 N–H and O–H groups in total. The molecule has 8 nitrogen and oxygen atoms in total. The number of rotatable bonds is 2. The Balaban J connectivity index is 2.05. The van der Waals surface area contributed by atoms with Gasteiger partial charge >= 0.3 is 17.8 Å². The van der Waals surface area contributed by atoms with E-state index in [4.69, 9.17) is 4.52 Å². The lowest BCUT2D eigenvalue weighted by molar-refractivity contribution is -0.153. The van der Waals surface area contributed by atoms with Gasteiger partial charge in [-0.25, -0.2) is 4.79 Å². The van der Waals surface area contributed by atoms with Gasteiger partial charge in [0.15, 0.2) is 0 Å². The van der Waals surface area contributed by atoms with Crippen LogP contribution in [0.2, 0.25) is 0 Å². The Kier molecular flexibility index (Phi) is 4.20. The van der Waals surface area contributed by atoms with E-state index in [1.54, 1.807) is 13.0 Å². The van der Waals surface area contributed by atoms with Crippen molar-refractivity contribution >= 4 is 23.7 Å². The molecule has 0 saturated carbocycles. The van der Waals surface area contributed by atoms with Crippen LogP contribution >= 0.6 is 0 Å². The van der Waals surface area contributed by atoms with Crippen LogP contribution in [0.15, 0.2) is 10.6 Å². The van der Waals surface area contributed by atoms with Crippen molar-refractivity contribution in [1.29, 1.82) is 0 Å². The predicted octanol–water partition coefficient (Wildman–Crippen LogP) is 1.19. The van der Waals surface area contributed by atoms with Crippen LogP contribution in [0.4, 0.5) is 10.7 Å². The number of aromatic nitrogens is 1. The fourth-order valence-corrected chi connectivity index (χ4v) is 2.03. The van der Waals surface area contributed by atoms with Gasteiger partial charge in [-0.05, 0) is 6.92 Å². The molecule has 1 fully saturated rings. The van der Waals surface area contributed by atoms with Crippen molar-refractivity contribution in [3.63, 3.8) is 0 Å². The fourth-order valence-electron chi connectivity index (χ4n) is 2.03. The second-order valence-corrected chi connectivity index (χ2v) is 6.10. The van der Waals surface area contributed by atoms with Gasteiger partial charge in [-0.3, -0.25) is 19.8 Å². The molecule has 0 aromatic carbocycles. The molecule has 0 aliphatic carbocycles. The molecule has 8 heteroatoms. The highest BCUT2D eigenvalue weighted by molar-refractivity contribution is 6.38. The van der Waals surface area contributed by atoms with Crippen molar-refractivity contribution in [3.8, 4) is 0 Å². The molecule has 1 aromatic rings. The van der Waals surface area contributed by atoms with E-state index >= 15 is 0 Å². The summed E-state index contributed by atoms with van der Waals surface area (Å²) in [6.07, 6.45) is 0. The van der Waals surface area contributed by atoms with Crippen LogP contribution in [0.25, 0.3) is 0 Å². The fraction of sp³-hybridized carbons (Fsp3) is 0.571. The van der Waals surface area contributed by atoms with Gasteiger partial charge in [-0.2, -0.15) is 0 Å². The topological polar surface area (TPSA) is 95.8 Å². The number of hydrogen-bond donors (Lipinski definition) is 1. The van der Waals surface area contributed by atoms with E-state index in [0.717, 1.165) is 4.90 Å². The van der Waals surface area contributed by atoms with Gasteiger partial charge in [-0.15, -0.1) is 0 Å². The zero-order valence-electron chi connectivity index (χ0n) is 13.2. The molecule has 1 saturated heterocycles. The summed E-state index contributed by atoms with van der Waals surface area (Å²) >= 11 is 0. The lowest BCUT2D eigenvalue weighted by Gasteiger charge is -2.31. The van der Waals surface area contributed by atoms with Gasteiger partial charge in [-0.1, -0.05) is 25.9 Å². The number of carbonyl (C=O) groups is 3. The summed E-state index contributed by atoms with van der Waals surface area (Å²) in [5.41, 5.74) is 0.464. The maximum absolute atomic E-state index is 12.1. The molecule has 22 heavy (non-hydrogen) atoms. The second kappa shape index (κ2) is 5.78. The molecule has 1 aliphatic rings. The molecule has 0 radical (unpaired) electrons. The van der Waals surface area contributed by atoms with Crippen LogP contribution in [0.5, 0.6) is 0 Å². The van der Waals surface area contributed by atoms with Gasteiger partial charge in [0, 0.05) is 31.1 Å². The third kappa shape index (κ3) is 3.10. The van der Waals surface area contributed by atoms with E-state index in [-0.39, 0.29) is 17.8 Å². The number of nitrogens with one attached hydrogen (secondary N) is 1. The Labute approximate surface area is 128 Å². The van der Waals surface area contributed by atoms with Gasteiger partial charge in [0.05, 0.1) is 5.69 Å². The molecular formula is C14H20N4O4. The van der Waals surface area contributed by atoms with E-state index < -0.39 is 17.8 Å². The first-order valence-corrected chi connectivity index (χ1v) is 7.13. The number of imide groups is 1. The van der Waals surface area contributed by atoms with E-state index in [1.807, 2.05) is 20.8 Å². The normalized spacial score (nSPS) is 16.2. The van der Waals surface area contributed by atoms with Crippen molar-refractivity contribution in [3.05, 3.63) is 11.8 Å². The van der Waals surface area contributed by atoms with Crippen LogP contribution in [0.1, 0.15) is 33.4 Å². The summed E-state index contributed by atoms with van der Waals surface area (Å²) < 4.78 is 5.04. The standard InChI is InChI=1S/C14H20N4O4/c1-5-17-6-7-18(12(20)11(17)19)13(21)15-10-8-9(16-22-10)14(2,3)4/h8H,5-7H2,1-4H3,(H,15,21). The Hall–Kier alpha value is -2.38. The SMILES string of the molecule is CCN1CCN(C(=O)Nc2cc(C(C)(C)C)no2)C(=O)C1=O. The van der Waals surface area contributed by atoms with Crippen molar-refractivity contribution in [2.75, 3.05) is 25.0 Å². The lowest BCUT2D eigenvalue weighted by Crippen LogP contribution is -2.56. The number of urea groups is 1. The highest BCUT2D eigenvalue weighted by atomic mass is 16.5. The quantitative estimate of drug-likeness (QED) is 0.828. The number of hydrogen-bond acceptors (Lipinski definition) is 5. The van der Waals surface area contributed by atoms with Gasteiger partial charge < -0.3 is 9.42 Å². The molecule has 2 rings (SSSR count). The highest BCUT2D eigenvalue weighted by Gasteiger charge is 2.35. The maximum atomic E-state index is 12.1. The third-order valence-corrected chi connectivity index (χ3v) is 3.44. The molecule has 0 bridgehead atoms. The van der Waals surface area contributed by atoms with Crippen molar-refractivity contribution in [2.24, 2.45) is 0 Å². The molecule has 0 unspecified atom stereocenters. The van der Waals surface area contributed by atoms with Crippen molar-refractivity contribution < 1.29 is 18.9 Å². The smallest absolute Gasteiger partial charge is 0.331 e. The van der Waals surface area contributed by atoms with E-state index in [9.17, 15) is 14.4 Å². The minimum absolute atomic E-state index is 0.146. The number of likely N-dealkylation sites (N-methyl/N-ethyl adjacent to an activating group) is 1. The van der Waals surface area contributed by atoms with Crippen LogP contribution in [0.3, 0.4) is 0 Å². The Morgan fingerprint density at radius 3 is 2.55 bits per heavy atom. The molecule has 4 amide bonds. The number of nitrogens with zero attached hydrogens (tertiary/aromatic N) is 3. The maximum Gasteiger partial charge on any atom is 0.331 e. The lowest BCUT2D eigenvalue weighted by atomic mass is 9.92. The predicted molar refractivity (Wildman–Crippen MR) is 78.2 cm³/mol. The minimum atomic E-state index is -0.832. The average molecular weight is 308 g/mol. The summed E-state index contributed by atoms with van der Waals surface area (Å²) in [7, 11) is 0. The highest BCUT2D eigenvalue weighted by Crippen LogP contribution is 2.23. The summed E-state index contributed by atoms with van der Waals surface area (Å²) in [6, 6.07) is 0.915. The molecule has 0 spiro atoms. The van der Waals surface area contributed by atoms with Gasteiger partial charge in [0.1, 0.15) is 0 Å². The number of carbonyl (C=O) groups excluding carboxylic acids is 3. The van der Waals surface area contributed by atoms with Crippen LogP contribution in [0, 0.1) is 0 Å². The first-order chi connectivity index (χ1) is 10.2. The summed E-state index contributed by atoms with van der Waals surface area (Å²) in [6.45, 7) is 8.59. The number of anilines is 1. The molecule has 0 atom stereocenters. The molecule has 2 heterocycles. The minimum Gasteiger partial charge on any atom is -0.338 e. The number of amides is 4. The van der Waals surface area contributed by atoms with Crippen LogP contribution in [-0.4, -0.2) is 52.4 Å². The van der Waals surface area contributed by atoms with Gasteiger partial charge in [0.25, 0.3) is 0 Å². The molecule has 1 aliphatic heterocycles. The van der Waals surface area contributed by atoms with Crippen LogP contribution < -0.4 is 5.32 Å². The summed E-state index contributed by atoms with van der Waals surface area (Å²) in [5, 5.41) is 6.33. The Morgan fingerprint density at radius 1 is 1.32 bits per heavy atom. The van der Waals surface area contributed by atoms with Crippen molar-refractivity contribution in [2.45, 2.75) is 33.1 Å². The number of piperazine rings is 1. The largest absolute Gasteiger partial charge is 0.338 e.